The van der Waals surface area contributed by atoms with Crippen LogP contribution >= 0.6 is 11.3 Å². The fourth-order valence-electron chi connectivity index (χ4n) is 1.32. The number of hydrogen-bond acceptors (Lipinski definition) is 7. The van der Waals surface area contributed by atoms with Gasteiger partial charge in [0, 0.05) is 5.38 Å². The second-order valence-corrected chi connectivity index (χ2v) is 5.26. The van der Waals surface area contributed by atoms with E-state index in [4.69, 9.17) is 15.0 Å². The number of aromatic nitrogens is 3. The van der Waals surface area contributed by atoms with Gasteiger partial charge in [0.2, 0.25) is 0 Å². The molecule has 2 aromatic rings. The van der Waals surface area contributed by atoms with Gasteiger partial charge in [0.05, 0.1) is 23.8 Å². The van der Waals surface area contributed by atoms with E-state index in [9.17, 15) is 0 Å². The Labute approximate surface area is 109 Å². The average Bonchev–Trinajstić information content (AvgIpc) is 2.93. The van der Waals surface area contributed by atoms with Crippen LogP contribution in [0.15, 0.2) is 9.90 Å². The maximum Gasteiger partial charge on any atom is 0.277 e. The first-order chi connectivity index (χ1) is 8.56. The van der Waals surface area contributed by atoms with E-state index >= 15 is 0 Å². The minimum Gasteiger partial charge on any atom is -0.377 e. The Bertz CT molecular complexity index is 509. The molecule has 0 saturated carbocycles. The Balaban J connectivity index is 2.06. The molecule has 2 N–H and O–H groups in total. The molecule has 0 aromatic carbocycles. The summed E-state index contributed by atoms with van der Waals surface area (Å²) in [6.45, 7) is 6.19. The van der Waals surface area contributed by atoms with Crippen LogP contribution in [-0.4, -0.2) is 27.8 Å². The van der Waals surface area contributed by atoms with Crippen LogP contribution in [0.3, 0.4) is 0 Å². The topological polar surface area (TPSA) is 87.1 Å². The minimum absolute atomic E-state index is 0.128. The number of thiazole rings is 1. The predicted octanol–water partition coefficient (Wildman–Crippen LogP) is 1.93. The number of ether oxygens (including phenoxy) is 1. The highest BCUT2D eigenvalue weighted by Crippen LogP contribution is 2.20. The highest BCUT2D eigenvalue weighted by molar-refractivity contribution is 7.09. The summed E-state index contributed by atoms with van der Waals surface area (Å²) in [6, 6.07) is -0.385. The van der Waals surface area contributed by atoms with Gasteiger partial charge in [0.1, 0.15) is 5.69 Å². The van der Waals surface area contributed by atoms with Crippen LogP contribution in [0.2, 0.25) is 0 Å². The van der Waals surface area contributed by atoms with Crippen LogP contribution in [0.25, 0.3) is 11.6 Å². The van der Waals surface area contributed by atoms with Crippen molar-refractivity contribution in [3.8, 4) is 11.6 Å². The highest BCUT2D eigenvalue weighted by atomic mass is 32.1. The van der Waals surface area contributed by atoms with Crippen LogP contribution in [-0.2, 0) is 4.74 Å². The van der Waals surface area contributed by atoms with Crippen molar-refractivity contribution in [1.82, 2.24) is 15.1 Å². The number of aryl methyl sites for hydroxylation is 1. The first-order valence-corrected chi connectivity index (χ1v) is 6.57. The second kappa shape index (κ2) is 5.55. The number of nitrogens with zero attached hydrogens (tertiary/aromatic N) is 3. The second-order valence-electron chi connectivity index (χ2n) is 4.20. The molecule has 2 aromatic heterocycles. The SMILES string of the molecule is Cc1nc(-c2nc(C(N)COC(C)C)no2)cs1. The minimum atomic E-state index is -0.385. The van der Waals surface area contributed by atoms with Gasteiger partial charge in [-0.1, -0.05) is 5.16 Å². The van der Waals surface area contributed by atoms with Gasteiger partial charge in [-0.05, 0) is 20.8 Å². The van der Waals surface area contributed by atoms with E-state index in [1.165, 1.54) is 11.3 Å². The number of nitrogens with two attached hydrogens (primary N) is 1. The Morgan fingerprint density at radius 2 is 2.22 bits per heavy atom. The fourth-order valence-corrected chi connectivity index (χ4v) is 1.91. The molecule has 2 heterocycles. The van der Waals surface area contributed by atoms with Crippen LogP contribution in [0.1, 0.15) is 30.7 Å². The zero-order valence-corrected chi connectivity index (χ0v) is 11.4. The average molecular weight is 268 g/mol. The highest BCUT2D eigenvalue weighted by Gasteiger charge is 2.17. The van der Waals surface area contributed by atoms with E-state index in [0.717, 1.165) is 5.01 Å². The van der Waals surface area contributed by atoms with E-state index in [-0.39, 0.29) is 12.1 Å². The third-order valence-electron chi connectivity index (χ3n) is 2.22. The van der Waals surface area contributed by atoms with Gasteiger partial charge in [0.25, 0.3) is 5.89 Å². The maximum absolute atomic E-state index is 5.91. The largest absolute Gasteiger partial charge is 0.377 e. The molecule has 0 aliphatic carbocycles. The van der Waals surface area contributed by atoms with Gasteiger partial charge in [-0.25, -0.2) is 4.98 Å². The maximum atomic E-state index is 5.91. The summed E-state index contributed by atoms with van der Waals surface area (Å²) in [5, 5.41) is 6.69. The monoisotopic (exact) mass is 268 g/mol. The van der Waals surface area contributed by atoms with Gasteiger partial charge in [-0.15, -0.1) is 11.3 Å². The third-order valence-corrected chi connectivity index (χ3v) is 2.99. The lowest BCUT2D eigenvalue weighted by Crippen LogP contribution is -2.20. The normalized spacial score (nSPS) is 13.2. The number of hydrogen-bond donors (Lipinski definition) is 1. The lowest BCUT2D eigenvalue weighted by Gasteiger charge is -2.10. The summed E-state index contributed by atoms with van der Waals surface area (Å²) >= 11 is 1.54. The van der Waals surface area contributed by atoms with Gasteiger partial charge < -0.3 is 15.0 Å². The van der Waals surface area contributed by atoms with E-state index in [1.54, 1.807) is 0 Å². The quantitative estimate of drug-likeness (QED) is 0.891. The van der Waals surface area contributed by atoms with Gasteiger partial charge in [-0.3, -0.25) is 0 Å². The van der Waals surface area contributed by atoms with Crippen LogP contribution in [0, 0.1) is 6.92 Å². The molecule has 2 rings (SSSR count). The Morgan fingerprint density at radius 1 is 1.44 bits per heavy atom. The van der Waals surface area contributed by atoms with Crippen molar-refractivity contribution in [3.63, 3.8) is 0 Å². The summed E-state index contributed by atoms with van der Waals surface area (Å²) in [5.74, 6) is 0.839. The molecule has 7 heteroatoms. The van der Waals surface area contributed by atoms with E-state index in [1.807, 2.05) is 26.2 Å². The van der Waals surface area contributed by atoms with Crippen LogP contribution in [0.5, 0.6) is 0 Å². The standard InChI is InChI=1S/C11H16N4O2S/c1-6(2)16-4-8(12)10-14-11(17-15-10)9-5-18-7(3)13-9/h5-6,8H,4,12H2,1-3H3. The summed E-state index contributed by atoms with van der Waals surface area (Å²) in [5.41, 5.74) is 6.60. The van der Waals surface area contributed by atoms with Gasteiger partial charge in [0.15, 0.2) is 5.82 Å². The number of rotatable bonds is 5. The molecular formula is C11H16N4O2S. The molecule has 0 spiro atoms. The van der Waals surface area contributed by atoms with Crippen molar-refractivity contribution in [1.29, 1.82) is 0 Å². The zero-order valence-electron chi connectivity index (χ0n) is 10.6. The summed E-state index contributed by atoms with van der Waals surface area (Å²) < 4.78 is 10.6. The molecule has 6 nitrogen and oxygen atoms in total. The summed E-state index contributed by atoms with van der Waals surface area (Å²) in [7, 11) is 0. The first kappa shape index (κ1) is 13.1. The van der Waals surface area contributed by atoms with Crippen molar-refractivity contribution in [2.24, 2.45) is 5.73 Å². The predicted molar refractivity (Wildman–Crippen MR) is 68.2 cm³/mol. The zero-order chi connectivity index (χ0) is 13.1. The lowest BCUT2D eigenvalue weighted by molar-refractivity contribution is 0.0665. The molecule has 0 aliphatic rings. The van der Waals surface area contributed by atoms with E-state index < -0.39 is 0 Å². The molecule has 18 heavy (non-hydrogen) atoms. The van der Waals surface area contributed by atoms with Crippen LogP contribution < -0.4 is 5.73 Å². The first-order valence-electron chi connectivity index (χ1n) is 5.69. The molecule has 1 unspecified atom stereocenters. The van der Waals surface area contributed by atoms with Crippen molar-refractivity contribution in [2.75, 3.05) is 6.61 Å². The Kier molecular flexibility index (Phi) is 4.05. The molecular weight excluding hydrogens is 252 g/mol. The molecule has 0 bridgehead atoms. The van der Waals surface area contributed by atoms with Crippen molar-refractivity contribution >= 4 is 11.3 Å². The molecule has 0 fully saturated rings. The smallest absolute Gasteiger partial charge is 0.277 e. The van der Waals surface area contributed by atoms with Crippen molar-refractivity contribution < 1.29 is 9.26 Å². The molecule has 0 saturated heterocycles. The fraction of sp³-hybridized carbons (Fsp3) is 0.545. The van der Waals surface area contributed by atoms with Crippen molar-refractivity contribution in [2.45, 2.75) is 32.9 Å². The molecule has 0 aliphatic heterocycles. The van der Waals surface area contributed by atoms with E-state index in [0.29, 0.717) is 24.0 Å². The lowest BCUT2D eigenvalue weighted by atomic mass is 10.3. The summed E-state index contributed by atoms with van der Waals surface area (Å²) in [4.78, 5) is 8.51. The van der Waals surface area contributed by atoms with Crippen LogP contribution in [0.4, 0.5) is 0 Å². The van der Waals surface area contributed by atoms with Crippen molar-refractivity contribution in [3.05, 3.63) is 16.2 Å². The molecule has 0 amide bonds. The Hall–Kier alpha value is -1.31. The third kappa shape index (κ3) is 3.12. The molecule has 98 valence electrons. The van der Waals surface area contributed by atoms with Gasteiger partial charge >= 0.3 is 0 Å². The summed E-state index contributed by atoms with van der Waals surface area (Å²) in [6.07, 6.45) is 0.128. The Morgan fingerprint density at radius 3 is 2.83 bits per heavy atom. The molecule has 1 atom stereocenters. The van der Waals surface area contributed by atoms with E-state index in [2.05, 4.69) is 15.1 Å². The molecule has 0 radical (unpaired) electrons. The van der Waals surface area contributed by atoms with Gasteiger partial charge in [-0.2, -0.15) is 4.98 Å².